The van der Waals surface area contributed by atoms with Crippen LogP contribution >= 0.6 is 23.2 Å². The van der Waals surface area contributed by atoms with Crippen molar-refractivity contribution in [1.29, 1.82) is 5.41 Å². The minimum Gasteiger partial charge on any atom is -0.374 e. The van der Waals surface area contributed by atoms with Crippen molar-refractivity contribution in [3.8, 4) is 0 Å². The van der Waals surface area contributed by atoms with Gasteiger partial charge in [0.05, 0.1) is 18.4 Å². The van der Waals surface area contributed by atoms with Crippen molar-refractivity contribution >= 4 is 52.2 Å². The minimum atomic E-state index is -0.753. The van der Waals surface area contributed by atoms with Crippen molar-refractivity contribution < 1.29 is 14.4 Å². The number of Topliss-reactive ketones (excluding diaryl/α,β-unsaturated/α-hetero) is 1. The maximum absolute atomic E-state index is 12.7. The monoisotopic (exact) mass is 439 g/mol. The van der Waals surface area contributed by atoms with Gasteiger partial charge in [-0.15, -0.1) is 23.2 Å². The number of ketones is 1. The second kappa shape index (κ2) is 8.67. The molecule has 29 heavy (non-hydrogen) atoms. The Morgan fingerprint density at radius 3 is 2.76 bits per heavy atom. The van der Waals surface area contributed by atoms with Crippen LogP contribution in [0, 0.1) is 11.3 Å². The van der Waals surface area contributed by atoms with Gasteiger partial charge in [-0.2, -0.15) is 0 Å². The van der Waals surface area contributed by atoms with Crippen molar-refractivity contribution in [3.05, 3.63) is 24.0 Å². The summed E-state index contributed by atoms with van der Waals surface area (Å²) in [5.74, 6) is -0.771. The summed E-state index contributed by atoms with van der Waals surface area (Å²) < 4.78 is -0.753. The molecule has 3 N–H and O–H groups in total. The van der Waals surface area contributed by atoms with Gasteiger partial charge in [0.1, 0.15) is 16.1 Å². The number of rotatable bonds is 8. The maximum Gasteiger partial charge on any atom is 0.242 e. The molecule has 2 atom stereocenters. The molecule has 156 valence electrons. The summed E-state index contributed by atoms with van der Waals surface area (Å²) in [6.07, 6.45) is 4.94. The quantitative estimate of drug-likeness (QED) is 0.421. The van der Waals surface area contributed by atoms with Crippen LogP contribution in [-0.2, 0) is 14.4 Å². The van der Waals surface area contributed by atoms with Gasteiger partial charge >= 0.3 is 0 Å². The summed E-state index contributed by atoms with van der Waals surface area (Å²) in [4.78, 5) is 42.3. The van der Waals surface area contributed by atoms with E-state index in [0.717, 1.165) is 6.42 Å². The van der Waals surface area contributed by atoms with E-state index in [4.69, 9.17) is 28.6 Å². The normalized spacial score (nSPS) is 22.1. The Morgan fingerprint density at radius 2 is 2.10 bits per heavy atom. The van der Waals surface area contributed by atoms with E-state index in [1.165, 1.54) is 19.3 Å². The van der Waals surface area contributed by atoms with Gasteiger partial charge in [-0.1, -0.05) is 0 Å². The molecular formula is C19H23Cl2N5O3. The van der Waals surface area contributed by atoms with Crippen LogP contribution in [0.4, 0.5) is 5.69 Å². The molecule has 1 aromatic heterocycles. The first-order valence-electron chi connectivity index (χ1n) is 9.43. The Balaban J connectivity index is 1.57. The van der Waals surface area contributed by atoms with Crippen molar-refractivity contribution in [2.24, 2.45) is 5.92 Å². The summed E-state index contributed by atoms with van der Waals surface area (Å²) in [7, 11) is 0. The number of pyridine rings is 1. The number of likely N-dealkylation sites (tertiary alicyclic amines) is 1. The second-order valence-corrected chi connectivity index (χ2v) is 8.90. The lowest BCUT2D eigenvalue weighted by Crippen LogP contribution is -2.48. The fraction of sp³-hybridized carbons (Fsp3) is 0.526. The molecule has 10 heteroatoms. The molecule has 2 heterocycles. The Labute approximate surface area is 178 Å². The molecule has 1 aliphatic carbocycles. The smallest absolute Gasteiger partial charge is 0.242 e. The van der Waals surface area contributed by atoms with E-state index in [-0.39, 0.29) is 35.8 Å². The van der Waals surface area contributed by atoms with Crippen molar-refractivity contribution in [3.63, 3.8) is 0 Å². The van der Waals surface area contributed by atoms with E-state index in [2.05, 4.69) is 15.6 Å². The summed E-state index contributed by atoms with van der Waals surface area (Å²) in [6, 6.07) is 1.03. The lowest BCUT2D eigenvalue weighted by Gasteiger charge is -2.24. The van der Waals surface area contributed by atoms with Gasteiger partial charge in [0.25, 0.3) is 0 Å². The van der Waals surface area contributed by atoms with Crippen LogP contribution in [0.25, 0.3) is 0 Å². The Kier molecular flexibility index (Phi) is 6.43. The fourth-order valence-corrected chi connectivity index (χ4v) is 3.91. The number of halogens is 2. The zero-order valence-corrected chi connectivity index (χ0v) is 17.5. The van der Waals surface area contributed by atoms with E-state index in [1.54, 1.807) is 11.0 Å². The van der Waals surface area contributed by atoms with Gasteiger partial charge in [-0.3, -0.25) is 24.8 Å². The van der Waals surface area contributed by atoms with Crippen molar-refractivity contribution in [2.75, 3.05) is 25.0 Å². The minimum absolute atomic E-state index is 0.0441. The third kappa shape index (κ3) is 5.05. The highest BCUT2D eigenvalue weighted by molar-refractivity contribution is 6.50. The van der Waals surface area contributed by atoms with E-state index in [0.29, 0.717) is 37.2 Å². The lowest BCUT2D eigenvalue weighted by atomic mass is 10.1. The Hall–Kier alpha value is -2.19. The summed E-state index contributed by atoms with van der Waals surface area (Å²) in [5.41, 5.74) is 0.650. The van der Waals surface area contributed by atoms with E-state index >= 15 is 0 Å². The Morgan fingerprint density at radius 1 is 1.38 bits per heavy atom. The average Bonchev–Trinajstić information content (AvgIpc) is 3.07. The molecule has 1 saturated carbocycles. The Bertz CT molecular complexity index is 845. The molecule has 1 aliphatic heterocycles. The van der Waals surface area contributed by atoms with Gasteiger partial charge in [0.2, 0.25) is 11.8 Å². The first-order chi connectivity index (χ1) is 13.7. The fourth-order valence-electron chi connectivity index (χ4n) is 3.39. The number of nitrogens with one attached hydrogen (secondary N) is 3. The predicted octanol–water partition coefficient (Wildman–Crippen LogP) is 1.75. The van der Waals surface area contributed by atoms with Crippen LogP contribution in [0.15, 0.2) is 18.5 Å². The first kappa shape index (κ1) is 21.5. The van der Waals surface area contributed by atoms with Crippen LogP contribution in [-0.4, -0.2) is 63.2 Å². The van der Waals surface area contributed by atoms with Gasteiger partial charge in [-0.25, -0.2) is 0 Å². The molecule has 0 spiro atoms. The van der Waals surface area contributed by atoms with Gasteiger partial charge in [0, 0.05) is 37.7 Å². The molecule has 8 nitrogen and oxygen atoms in total. The molecule has 2 amide bonds. The third-order valence-corrected chi connectivity index (χ3v) is 6.15. The predicted molar refractivity (Wildman–Crippen MR) is 111 cm³/mol. The van der Waals surface area contributed by atoms with Crippen LogP contribution in [0.1, 0.15) is 31.7 Å². The molecule has 0 bridgehead atoms. The molecular weight excluding hydrogens is 417 g/mol. The summed E-state index contributed by atoms with van der Waals surface area (Å²) in [6.45, 7) is 2.14. The zero-order valence-electron chi connectivity index (χ0n) is 16.0. The SMILES string of the molecule is CC(=O)C(=N)c1ccncc1NCC(=O)N1CCC[C@H]1C(=O)NC[C@H]1CC1(Cl)Cl. The number of aromatic nitrogens is 1. The highest BCUT2D eigenvalue weighted by Gasteiger charge is 2.51. The number of anilines is 1. The van der Waals surface area contributed by atoms with Crippen molar-refractivity contribution in [1.82, 2.24) is 15.2 Å². The number of nitrogens with zero attached hydrogens (tertiary/aromatic N) is 2. The second-order valence-electron chi connectivity index (χ2n) is 7.36. The van der Waals surface area contributed by atoms with Crippen LogP contribution in [0.3, 0.4) is 0 Å². The number of hydrogen-bond donors (Lipinski definition) is 3. The molecule has 0 unspecified atom stereocenters. The van der Waals surface area contributed by atoms with Crippen LogP contribution < -0.4 is 10.6 Å². The molecule has 0 aromatic carbocycles. The maximum atomic E-state index is 12.7. The van der Waals surface area contributed by atoms with Crippen LogP contribution in [0.5, 0.6) is 0 Å². The van der Waals surface area contributed by atoms with E-state index < -0.39 is 10.4 Å². The largest absolute Gasteiger partial charge is 0.374 e. The molecule has 2 fully saturated rings. The summed E-state index contributed by atoms with van der Waals surface area (Å²) >= 11 is 12.0. The molecule has 2 aliphatic rings. The standard InChI is InChI=1S/C19H23Cl2N5O3/c1-11(27)17(22)13-4-5-23-9-14(13)24-10-16(28)26-6-2-3-15(26)18(29)25-8-12-7-19(12,20)21/h4-5,9,12,15,22,24H,2-3,6-8,10H2,1H3,(H,25,29)/t12-,15+/m1/s1. The highest BCUT2D eigenvalue weighted by Crippen LogP contribution is 2.52. The molecule has 0 radical (unpaired) electrons. The van der Waals surface area contributed by atoms with Gasteiger partial charge < -0.3 is 15.5 Å². The van der Waals surface area contributed by atoms with E-state index in [9.17, 15) is 14.4 Å². The number of carbonyl (C=O) groups excluding carboxylic acids is 3. The van der Waals surface area contributed by atoms with Crippen LogP contribution in [0.2, 0.25) is 0 Å². The third-order valence-electron chi connectivity index (χ3n) is 5.23. The first-order valence-corrected chi connectivity index (χ1v) is 10.2. The van der Waals surface area contributed by atoms with Gasteiger partial charge in [0.15, 0.2) is 5.78 Å². The number of carbonyl (C=O) groups is 3. The number of amides is 2. The van der Waals surface area contributed by atoms with Gasteiger partial charge in [-0.05, 0) is 25.3 Å². The topological polar surface area (TPSA) is 115 Å². The summed E-state index contributed by atoms with van der Waals surface area (Å²) in [5, 5.41) is 13.7. The average molecular weight is 440 g/mol. The molecule has 1 saturated heterocycles. The van der Waals surface area contributed by atoms with Crippen molar-refractivity contribution in [2.45, 2.75) is 36.6 Å². The highest BCUT2D eigenvalue weighted by atomic mass is 35.5. The number of hydrogen-bond acceptors (Lipinski definition) is 6. The molecule has 1 aromatic rings. The number of alkyl halides is 2. The van der Waals surface area contributed by atoms with E-state index in [1.807, 2.05) is 0 Å². The lowest BCUT2D eigenvalue weighted by molar-refractivity contribution is -0.137. The zero-order chi connectivity index (χ0) is 21.2. The molecule has 3 rings (SSSR count).